The summed E-state index contributed by atoms with van der Waals surface area (Å²) in [6.45, 7) is 4.68. The van der Waals surface area contributed by atoms with Crippen LogP contribution in [0.15, 0.2) is 42.6 Å². The Morgan fingerprint density at radius 1 is 1.19 bits per heavy atom. The third-order valence-corrected chi connectivity index (χ3v) is 3.44. The van der Waals surface area contributed by atoms with Crippen LogP contribution in [0.25, 0.3) is 0 Å². The second-order valence-electron chi connectivity index (χ2n) is 5.41. The molecule has 0 spiro atoms. The molecule has 0 fully saturated rings. The summed E-state index contributed by atoms with van der Waals surface area (Å²) in [5.41, 5.74) is 2.85. The Morgan fingerprint density at radius 2 is 1.90 bits per heavy atom. The number of nitrogens with zero attached hydrogens (tertiary/aromatic N) is 1. The highest BCUT2D eigenvalue weighted by molar-refractivity contribution is 5.18. The van der Waals surface area contributed by atoms with Crippen molar-refractivity contribution in [3.05, 3.63) is 65.2 Å². The summed E-state index contributed by atoms with van der Waals surface area (Å²) >= 11 is 0. The number of aryl methyl sites for hydroxylation is 1. The molecular formula is C17H21FN2O. The third-order valence-electron chi connectivity index (χ3n) is 3.44. The van der Waals surface area contributed by atoms with Crippen LogP contribution in [0, 0.1) is 12.7 Å². The van der Waals surface area contributed by atoms with E-state index in [0.29, 0.717) is 13.0 Å². The van der Waals surface area contributed by atoms with Gasteiger partial charge in [-0.15, -0.1) is 0 Å². The summed E-state index contributed by atoms with van der Waals surface area (Å²) in [6, 6.07) is 10.1. The van der Waals surface area contributed by atoms with E-state index >= 15 is 0 Å². The van der Waals surface area contributed by atoms with E-state index in [1.807, 2.05) is 32.2 Å². The number of nitrogens with one attached hydrogen (secondary N) is 1. The monoisotopic (exact) mass is 288 g/mol. The number of halogens is 1. The van der Waals surface area contributed by atoms with Gasteiger partial charge in [-0.25, -0.2) is 4.39 Å². The van der Waals surface area contributed by atoms with Crippen LogP contribution >= 0.6 is 0 Å². The molecule has 2 rings (SSSR count). The van der Waals surface area contributed by atoms with Crippen molar-refractivity contribution in [3.8, 4) is 0 Å². The molecule has 1 aromatic heterocycles. The minimum absolute atomic E-state index is 0.133. The van der Waals surface area contributed by atoms with E-state index in [2.05, 4.69) is 10.3 Å². The van der Waals surface area contributed by atoms with Crippen molar-refractivity contribution in [2.75, 3.05) is 0 Å². The Kier molecular flexibility index (Phi) is 5.42. The quantitative estimate of drug-likeness (QED) is 0.858. The van der Waals surface area contributed by atoms with Gasteiger partial charge in [0.15, 0.2) is 0 Å². The average Bonchev–Trinajstić information content (AvgIpc) is 2.47. The number of aromatic nitrogens is 1. The number of benzene rings is 1. The minimum atomic E-state index is -0.598. The maximum absolute atomic E-state index is 12.8. The molecule has 2 aromatic rings. The van der Waals surface area contributed by atoms with Crippen molar-refractivity contribution in [2.24, 2.45) is 0 Å². The van der Waals surface area contributed by atoms with E-state index in [9.17, 15) is 9.50 Å². The molecule has 1 aromatic carbocycles. The van der Waals surface area contributed by atoms with Gasteiger partial charge in [-0.05, 0) is 49.6 Å². The lowest BCUT2D eigenvalue weighted by Gasteiger charge is -2.18. The first-order valence-electron chi connectivity index (χ1n) is 7.13. The summed E-state index contributed by atoms with van der Waals surface area (Å²) < 4.78 is 12.8. The lowest BCUT2D eigenvalue weighted by molar-refractivity contribution is 0.153. The maximum Gasteiger partial charge on any atom is 0.123 e. The smallest absolute Gasteiger partial charge is 0.123 e. The van der Waals surface area contributed by atoms with Crippen LogP contribution in [0.3, 0.4) is 0 Å². The minimum Gasteiger partial charge on any atom is -0.388 e. The number of pyridine rings is 1. The fourth-order valence-corrected chi connectivity index (χ4v) is 2.12. The molecule has 0 aliphatic carbocycles. The second-order valence-corrected chi connectivity index (χ2v) is 5.41. The summed E-state index contributed by atoms with van der Waals surface area (Å²) in [5, 5.41) is 13.5. The number of rotatable bonds is 6. The van der Waals surface area contributed by atoms with Crippen molar-refractivity contribution in [3.63, 3.8) is 0 Å². The van der Waals surface area contributed by atoms with E-state index < -0.39 is 6.10 Å². The lowest BCUT2D eigenvalue weighted by atomic mass is 10.0. The van der Waals surface area contributed by atoms with Gasteiger partial charge in [-0.3, -0.25) is 4.98 Å². The van der Waals surface area contributed by atoms with Gasteiger partial charge in [-0.2, -0.15) is 0 Å². The number of hydrogen-bond acceptors (Lipinski definition) is 3. The molecule has 0 aliphatic heterocycles. The predicted molar refractivity (Wildman–Crippen MR) is 81.3 cm³/mol. The first-order chi connectivity index (χ1) is 10.0. The summed E-state index contributed by atoms with van der Waals surface area (Å²) in [5.74, 6) is -0.289. The number of aliphatic hydroxyl groups excluding tert-OH is 1. The molecule has 0 unspecified atom stereocenters. The van der Waals surface area contributed by atoms with Gasteiger partial charge in [0.1, 0.15) is 5.82 Å². The summed E-state index contributed by atoms with van der Waals surface area (Å²) in [7, 11) is 0. The first-order valence-corrected chi connectivity index (χ1v) is 7.13. The molecule has 21 heavy (non-hydrogen) atoms. The van der Waals surface area contributed by atoms with Crippen LogP contribution in [0.4, 0.5) is 4.39 Å². The summed E-state index contributed by atoms with van der Waals surface area (Å²) in [6.07, 6.45) is 1.81. The van der Waals surface area contributed by atoms with Crippen LogP contribution in [0.5, 0.6) is 0 Å². The lowest BCUT2D eigenvalue weighted by Crippen LogP contribution is -2.27. The van der Waals surface area contributed by atoms with E-state index in [1.54, 1.807) is 12.1 Å². The Balaban J connectivity index is 1.82. The molecular weight excluding hydrogens is 267 g/mol. The zero-order valence-electron chi connectivity index (χ0n) is 12.4. The highest BCUT2D eigenvalue weighted by Gasteiger charge is 2.12. The van der Waals surface area contributed by atoms with Crippen LogP contribution in [0.1, 0.15) is 36.3 Å². The summed E-state index contributed by atoms with van der Waals surface area (Å²) in [4.78, 5) is 4.33. The number of hydrogen-bond donors (Lipinski definition) is 2. The van der Waals surface area contributed by atoms with Crippen molar-refractivity contribution >= 4 is 0 Å². The molecule has 2 N–H and O–H groups in total. The van der Waals surface area contributed by atoms with Gasteiger partial charge in [0.05, 0.1) is 11.8 Å². The fourth-order valence-electron chi connectivity index (χ4n) is 2.12. The fraction of sp³-hybridized carbons (Fsp3) is 0.353. The number of aliphatic hydroxyl groups is 1. The Labute approximate surface area is 124 Å². The van der Waals surface area contributed by atoms with Gasteiger partial charge in [0.2, 0.25) is 0 Å². The Morgan fingerprint density at radius 3 is 2.52 bits per heavy atom. The molecule has 2 atom stereocenters. The van der Waals surface area contributed by atoms with E-state index in [0.717, 1.165) is 16.8 Å². The molecule has 0 bridgehead atoms. The Bertz CT molecular complexity index is 554. The SMILES string of the molecule is Cc1ccc(CN[C@H](C)C[C@H](O)c2ccc(F)cc2)nc1. The standard InChI is InChI=1S/C17H21FN2O/c1-12-3-8-16(20-10-12)11-19-13(2)9-17(21)14-4-6-15(18)7-5-14/h3-8,10,13,17,19,21H,9,11H2,1-2H3/t13-,17+/m1/s1. The van der Waals surface area contributed by atoms with E-state index in [-0.39, 0.29) is 11.9 Å². The van der Waals surface area contributed by atoms with Crippen molar-refractivity contribution in [1.82, 2.24) is 10.3 Å². The Hall–Kier alpha value is -1.78. The third kappa shape index (κ3) is 4.92. The first kappa shape index (κ1) is 15.6. The second kappa shape index (κ2) is 7.29. The van der Waals surface area contributed by atoms with E-state index in [1.165, 1.54) is 12.1 Å². The largest absolute Gasteiger partial charge is 0.388 e. The van der Waals surface area contributed by atoms with Gasteiger partial charge in [-0.1, -0.05) is 18.2 Å². The maximum atomic E-state index is 12.8. The van der Waals surface area contributed by atoms with E-state index in [4.69, 9.17) is 0 Å². The molecule has 1 heterocycles. The molecule has 3 nitrogen and oxygen atoms in total. The molecule has 112 valence electrons. The van der Waals surface area contributed by atoms with Crippen molar-refractivity contribution in [2.45, 2.75) is 39.0 Å². The molecule has 0 aliphatic rings. The molecule has 0 saturated heterocycles. The zero-order chi connectivity index (χ0) is 15.2. The predicted octanol–water partition coefficient (Wildman–Crippen LogP) is 3.13. The van der Waals surface area contributed by atoms with Crippen molar-refractivity contribution < 1.29 is 9.50 Å². The van der Waals surface area contributed by atoms with Gasteiger partial charge in [0.25, 0.3) is 0 Å². The topological polar surface area (TPSA) is 45.1 Å². The van der Waals surface area contributed by atoms with Crippen LogP contribution < -0.4 is 5.32 Å². The molecule has 0 saturated carbocycles. The highest BCUT2D eigenvalue weighted by atomic mass is 19.1. The van der Waals surface area contributed by atoms with Crippen LogP contribution in [0.2, 0.25) is 0 Å². The normalized spacial score (nSPS) is 13.9. The molecule has 0 amide bonds. The van der Waals surface area contributed by atoms with Gasteiger partial charge in [0, 0.05) is 18.8 Å². The van der Waals surface area contributed by atoms with Gasteiger partial charge >= 0.3 is 0 Å². The van der Waals surface area contributed by atoms with Gasteiger partial charge < -0.3 is 10.4 Å². The average molecular weight is 288 g/mol. The van der Waals surface area contributed by atoms with Crippen LogP contribution in [-0.4, -0.2) is 16.1 Å². The highest BCUT2D eigenvalue weighted by Crippen LogP contribution is 2.18. The van der Waals surface area contributed by atoms with Crippen LogP contribution in [-0.2, 0) is 6.54 Å². The molecule has 4 heteroatoms. The molecule has 0 radical (unpaired) electrons. The van der Waals surface area contributed by atoms with Crippen molar-refractivity contribution in [1.29, 1.82) is 0 Å². The zero-order valence-corrected chi connectivity index (χ0v) is 12.4.